The zero-order valence-electron chi connectivity index (χ0n) is 13.3. The predicted molar refractivity (Wildman–Crippen MR) is 86.3 cm³/mol. The van der Waals surface area contributed by atoms with Gasteiger partial charge in [-0.2, -0.15) is 0 Å². The van der Waals surface area contributed by atoms with Crippen molar-refractivity contribution in [2.75, 3.05) is 24.6 Å². The maximum Gasteiger partial charge on any atom is 0.407 e. The largest absolute Gasteiger partial charge is 0.485 e. The topological polar surface area (TPSA) is 78.8 Å². The number of likely N-dealkylation sites (tertiary alicyclic amines) is 1. The summed E-state index contributed by atoms with van der Waals surface area (Å²) in [5.41, 5.74) is 0. The van der Waals surface area contributed by atoms with Gasteiger partial charge in [0.2, 0.25) is 0 Å². The first kappa shape index (κ1) is 16.1. The van der Waals surface area contributed by atoms with E-state index >= 15 is 0 Å². The standard InChI is InChI=1S/C15H21ClN4O3/c1-9(2)11-7-10(3-4-20(11)15(21)22)19-5-6-23-12-13(16)17-8-18-14(12)19/h8-11H,3-7H2,1-2H3,(H,21,22). The molecule has 1 aromatic rings. The molecule has 0 spiro atoms. The van der Waals surface area contributed by atoms with Crippen molar-refractivity contribution in [3.63, 3.8) is 0 Å². The van der Waals surface area contributed by atoms with Crippen LogP contribution in [-0.2, 0) is 0 Å². The number of hydrogen-bond acceptors (Lipinski definition) is 5. The van der Waals surface area contributed by atoms with E-state index in [1.54, 1.807) is 4.90 Å². The molecule has 7 nitrogen and oxygen atoms in total. The summed E-state index contributed by atoms with van der Waals surface area (Å²) in [6.07, 6.45) is 2.16. The summed E-state index contributed by atoms with van der Waals surface area (Å²) in [6.45, 7) is 5.92. The highest BCUT2D eigenvalue weighted by molar-refractivity contribution is 6.31. The van der Waals surface area contributed by atoms with Gasteiger partial charge in [-0.25, -0.2) is 14.8 Å². The number of hydrogen-bond donors (Lipinski definition) is 1. The highest BCUT2D eigenvalue weighted by atomic mass is 35.5. The molecule has 0 radical (unpaired) electrons. The van der Waals surface area contributed by atoms with Gasteiger partial charge in [0, 0.05) is 18.6 Å². The second-order valence-corrected chi connectivity index (χ2v) is 6.68. The molecule has 126 valence electrons. The van der Waals surface area contributed by atoms with Gasteiger partial charge in [0.05, 0.1) is 6.54 Å². The van der Waals surface area contributed by atoms with Crippen LogP contribution < -0.4 is 9.64 Å². The van der Waals surface area contributed by atoms with E-state index in [2.05, 4.69) is 28.7 Å². The molecule has 1 amide bonds. The van der Waals surface area contributed by atoms with Gasteiger partial charge in [0.15, 0.2) is 16.7 Å². The van der Waals surface area contributed by atoms with Gasteiger partial charge >= 0.3 is 6.09 Å². The second-order valence-electron chi connectivity index (χ2n) is 6.32. The minimum absolute atomic E-state index is 0.00912. The highest BCUT2D eigenvalue weighted by Crippen LogP contribution is 2.38. The van der Waals surface area contributed by atoms with Gasteiger partial charge in [0.25, 0.3) is 0 Å². The summed E-state index contributed by atoms with van der Waals surface area (Å²) in [4.78, 5) is 23.5. The molecule has 2 atom stereocenters. The quantitative estimate of drug-likeness (QED) is 0.833. The van der Waals surface area contributed by atoms with Crippen molar-refractivity contribution >= 4 is 23.5 Å². The Morgan fingerprint density at radius 2 is 2.22 bits per heavy atom. The van der Waals surface area contributed by atoms with Gasteiger partial charge in [0.1, 0.15) is 12.9 Å². The molecule has 0 aromatic carbocycles. The summed E-state index contributed by atoms with van der Waals surface area (Å²) in [7, 11) is 0. The molecule has 0 saturated carbocycles. The number of piperidine rings is 1. The Hall–Kier alpha value is -1.76. The zero-order valence-corrected chi connectivity index (χ0v) is 14.0. The number of carbonyl (C=O) groups is 1. The minimum atomic E-state index is -0.838. The first-order valence-corrected chi connectivity index (χ1v) is 8.26. The molecule has 8 heteroatoms. The van der Waals surface area contributed by atoms with E-state index in [4.69, 9.17) is 16.3 Å². The van der Waals surface area contributed by atoms with Crippen molar-refractivity contribution in [1.82, 2.24) is 14.9 Å². The molecule has 1 N–H and O–H groups in total. The maximum atomic E-state index is 11.4. The summed E-state index contributed by atoms with van der Waals surface area (Å²) >= 11 is 6.10. The van der Waals surface area contributed by atoms with E-state index in [1.807, 2.05) is 0 Å². The number of aromatic nitrogens is 2. The Morgan fingerprint density at radius 1 is 1.43 bits per heavy atom. The van der Waals surface area contributed by atoms with Crippen LogP contribution in [0.25, 0.3) is 0 Å². The van der Waals surface area contributed by atoms with Gasteiger partial charge in [-0.05, 0) is 18.8 Å². The van der Waals surface area contributed by atoms with E-state index in [-0.39, 0.29) is 18.0 Å². The molecule has 1 saturated heterocycles. The Labute approximate surface area is 140 Å². The van der Waals surface area contributed by atoms with E-state index in [0.717, 1.165) is 19.4 Å². The minimum Gasteiger partial charge on any atom is -0.485 e. The van der Waals surface area contributed by atoms with Crippen molar-refractivity contribution in [3.05, 3.63) is 11.5 Å². The first-order valence-electron chi connectivity index (χ1n) is 7.88. The predicted octanol–water partition coefficient (Wildman–Crippen LogP) is 2.50. The molecule has 0 aliphatic carbocycles. The monoisotopic (exact) mass is 340 g/mol. The highest BCUT2D eigenvalue weighted by Gasteiger charge is 2.38. The summed E-state index contributed by atoms with van der Waals surface area (Å²) < 4.78 is 5.61. The third-order valence-electron chi connectivity index (χ3n) is 4.67. The van der Waals surface area contributed by atoms with Gasteiger partial charge < -0.3 is 19.6 Å². The van der Waals surface area contributed by atoms with Crippen LogP contribution >= 0.6 is 11.6 Å². The van der Waals surface area contributed by atoms with Crippen LogP contribution in [0.5, 0.6) is 5.75 Å². The van der Waals surface area contributed by atoms with Gasteiger partial charge in [-0.1, -0.05) is 25.4 Å². The maximum absolute atomic E-state index is 11.4. The van der Waals surface area contributed by atoms with E-state index in [0.29, 0.717) is 29.9 Å². The fourth-order valence-electron chi connectivity index (χ4n) is 3.51. The lowest BCUT2D eigenvalue weighted by Gasteiger charge is -2.45. The fraction of sp³-hybridized carbons (Fsp3) is 0.667. The van der Waals surface area contributed by atoms with E-state index in [1.165, 1.54) is 6.33 Å². The van der Waals surface area contributed by atoms with E-state index in [9.17, 15) is 9.90 Å². The fourth-order valence-corrected chi connectivity index (χ4v) is 3.69. The van der Waals surface area contributed by atoms with Crippen LogP contribution in [0.4, 0.5) is 10.6 Å². The van der Waals surface area contributed by atoms with Crippen LogP contribution in [0, 0.1) is 5.92 Å². The average molecular weight is 341 g/mol. The molecule has 2 aliphatic heterocycles. The molecular weight excluding hydrogens is 320 g/mol. The SMILES string of the molecule is CC(C)C1CC(N2CCOc3c(Cl)ncnc32)CCN1C(=O)O. The summed E-state index contributed by atoms with van der Waals surface area (Å²) in [5.74, 6) is 1.51. The van der Waals surface area contributed by atoms with Crippen LogP contribution in [0.15, 0.2) is 6.33 Å². The molecule has 1 fully saturated rings. The Balaban J connectivity index is 1.84. The third-order valence-corrected chi connectivity index (χ3v) is 4.93. The van der Waals surface area contributed by atoms with Crippen LogP contribution in [0.3, 0.4) is 0 Å². The number of anilines is 1. The number of fused-ring (bicyclic) bond motifs is 1. The first-order chi connectivity index (χ1) is 11.0. The molecule has 23 heavy (non-hydrogen) atoms. The lowest BCUT2D eigenvalue weighted by molar-refractivity contribution is 0.0811. The molecule has 3 heterocycles. The summed E-state index contributed by atoms with van der Waals surface area (Å²) in [5, 5.41) is 9.72. The van der Waals surface area contributed by atoms with Crippen molar-refractivity contribution in [2.24, 2.45) is 5.92 Å². The van der Waals surface area contributed by atoms with Crippen molar-refractivity contribution in [3.8, 4) is 5.75 Å². The molecule has 0 bridgehead atoms. The second kappa shape index (κ2) is 6.39. The number of rotatable bonds is 2. The lowest BCUT2D eigenvalue weighted by atomic mass is 9.89. The van der Waals surface area contributed by atoms with Gasteiger partial charge in [-0.3, -0.25) is 0 Å². The molecule has 2 aliphatic rings. The Kier molecular flexibility index (Phi) is 4.48. The van der Waals surface area contributed by atoms with Gasteiger partial charge in [-0.15, -0.1) is 0 Å². The van der Waals surface area contributed by atoms with Crippen molar-refractivity contribution in [1.29, 1.82) is 0 Å². The normalized spacial score (nSPS) is 24.3. The van der Waals surface area contributed by atoms with E-state index < -0.39 is 6.09 Å². The molecular formula is C15H21ClN4O3. The van der Waals surface area contributed by atoms with Crippen LogP contribution in [0.2, 0.25) is 5.15 Å². The number of ether oxygens (including phenoxy) is 1. The van der Waals surface area contributed by atoms with Crippen LogP contribution in [0.1, 0.15) is 26.7 Å². The Bertz CT molecular complexity index is 598. The average Bonchev–Trinajstić information content (AvgIpc) is 2.54. The number of carboxylic acid groups (broad SMARTS) is 1. The van der Waals surface area contributed by atoms with Crippen molar-refractivity contribution < 1.29 is 14.6 Å². The van der Waals surface area contributed by atoms with Crippen LogP contribution in [-0.4, -0.2) is 57.8 Å². The molecule has 2 unspecified atom stereocenters. The third kappa shape index (κ3) is 3.02. The number of amides is 1. The number of halogens is 1. The smallest absolute Gasteiger partial charge is 0.407 e. The van der Waals surface area contributed by atoms with Crippen molar-refractivity contribution in [2.45, 2.75) is 38.8 Å². The molecule has 3 rings (SSSR count). The zero-order chi connectivity index (χ0) is 16.6. The Morgan fingerprint density at radius 3 is 2.91 bits per heavy atom. The number of nitrogens with zero attached hydrogens (tertiary/aromatic N) is 4. The summed E-state index contributed by atoms with van der Waals surface area (Å²) in [6, 6.07) is 0.237. The lowest BCUT2D eigenvalue weighted by Crippen LogP contribution is -2.55. The molecule has 1 aromatic heterocycles.